The first kappa shape index (κ1) is 10.9. The molecule has 0 heterocycles. The maximum atomic E-state index is 10.6. The number of nitro benzene ring substituents is 1. The topological polar surface area (TPSA) is 89.4 Å². The third-order valence-corrected chi connectivity index (χ3v) is 2.10. The van der Waals surface area contributed by atoms with Crippen molar-refractivity contribution in [2.45, 2.75) is 6.04 Å². The predicted octanol–water partition coefficient (Wildman–Crippen LogP) is 1.24. The van der Waals surface area contributed by atoms with Gasteiger partial charge in [-0.15, -0.1) is 0 Å². The Kier molecular flexibility index (Phi) is 3.40. The van der Waals surface area contributed by atoms with Gasteiger partial charge in [0.25, 0.3) is 5.69 Å². The van der Waals surface area contributed by atoms with Gasteiger partial charge in [0.05, 0.1) is 23.1 Å². The highest BCUT2D eigenvalue weighted by Crippen LogP contribution is 2.31. The quantitative estimate of drug-likeness (QED) is 0.588. The van der Waals surface area contributed by atoms with E-state index in [1.54, 1.807) is 6.07 Å². The molecule has 0 fully saturated rings. The van der Waals surface area contributed by atoms with Crippen molar-refractivity contribution in [1.29, 1.82) is 0 Å². The summed E-state index contributed by atoms with van der Waals surface area (Å²) in [6, 6.07) is 3.66. The first-order valence-corrected chi connectivity index (χ1v) is 4.25. The maximum Gasteiger partial charge on any atom is 0.292 e. The van der Waals surface area contributed by atoms with Crippen molar-refractivity contribution in [3.63, 3.8) is 0 Å². The molecule has 0 aliphatic rings. The first-order chi connectivity index (χ1) is 6.57. The van der Waals surface area contributed by atoms with Crippen molar-refractivity contribution in [3.8, 4) is 0 Å². The van der Waals surface area contributed by atoms with E-state index in [0.717, 1.165) is 0 Å². The second-order valence-corrected chi connectivity index (χ2v) is 3.13. The molecule has 0 saturated carbocycles. The minimum atomic E-state index is -0.783. The number of para-hydroxylation sites is 1. The van der Waals surface area contributed by atoms with Gasteiger partial charge in [-0.1, -0.05) is 23.7 Å². The molecule has 0 saturated heterocycles. The third kappa shape index (κ3) is 2.01. The van der Waals surface area contributed by atoms with E-state index in [2.05, 4.69) is 0 Å². The van der Waals surface area contributed by atoms with Crippen LogP contribution in [-0.2, 0) is 0 Å². The summed E-state index contributed by atoms with van der Waals surface area (Å²) in [5.74, 6) is 0. The zero-order valence-corrected chi connectivity index (χ0v) is 7.94. The zero-order chi connectivity index (χ0) is 10.7. The van der Waals surface area contributed by atoms with Gasteiger partial charge in [0.1, 0.15) is 5.02 Å². The largest absolute Gasteiger partial charge is 0.394 e. The van der Waals surface area contributed by atoms with Crippen LogP contribution in [-0.4, -0.2) is 16.6 Å². The number of hydrogen-bond donors (Lipinski definition) is 2. The van der Waals surface area contributed by atoms with Gasteiger partial charge in [0.2, 0.25) is 0 Å². The van der Waals surface area contributed by atoms with Crippen LogP contribution < -0.4 is 5.73 Å². The van der Waals surface area contributed by atoms with Crippen LogP contribution >= 0.6 is 11.6 Å². The van der Waals surface area contributed by atoms with Crippen LogP contribution in [0.4, 0.5) is 5.69 Å². The molecule has 1 rings (SSSR count). The summed E-state index contributed by atoms with van der Waals surface area (Å²) in [6.07, 6.45) is 0. The Morgan fingerprint density at radius 3 is 2.79 bits per heavy atom. The number of hydrogen-bond acceptors (Lipinski definition) is 4. The minimum absolute atomic E-state index is 0.0244. The predicted molar refractivity (Wildman–Crippen MR) is 52.1 cm³/mol. The normalized spacial score (nSPS) is 12.5. The lowest BCUT2D eigenvalue weighted by Gasteiger charge is -2.09. The molecule has 0 bridgehead atoms. The number of benzene rings is 1. The Hall–Kier alpha value is -1.17. The van der Waals surface area contributed by atoms with Crippen LogP contribution in [0.5, 0.6) is 0 Å². The molecule has 1 unspecified atom stereocenters. The van der Waals surface area contributed by atoms with E-state index in [0.29, 0.717) is 0 Å². The molecule has 76 valence electrons. The lowest BCUT2D eigenvalue weighted by atomic mass is 10.1. The van der Waals surface area contributed by atoms with Gasteiger partial charge in [0.15, 0.2) is 0 Å². The molecule has 5 nitrogen and oxygen atoms in total. The number of nitrogens with zero attached hydrogens (tertiary/aromatic N) is 1. The molecule has 0 aromatic heterocycles. The summed E-state index contributed by atoms with van der Waals surface area (Å²) >= 11 is 5.65. The number of nitro groups is 1. The van der Waals surface area contributed by atoms with Gasteiger partial charge >= 0.3 is 0 Å². The van der Waals surface area contributed by atoms with Gasteiger partial charge in [0, 0.05) is 0 Å². The van der Waals surface area contributed by atoms with Gasteiger partial charge in [-0.3, -0.25) is 10.1 Å². The second kappa shape index (κ2) is 4.36. The summed E-state index contributed by atoms with van der Waals surface area (Å²) in [7, 11) is 0. The maximum absolute atomic E-state index is 10.6. The van der Waals surface area contributed by atoms with Crippen LogP contribution in [0.25, 0.3) is 0 Å². The molecular weight excluding hydrogens is 208 g/mol. The molecule has 0 radical (unpaired) electrons. The van der Waals surface area contributed by atoms with Crippen LogP contribution in [0.2, 0.25) is 5.02 Å². The fourth-order valence-corrected chi connectivity index (χ4v) is 1.37. The average molecular weight is 217 g/mol. The molecule has 0 spiro atoms. The first-order valence-electron chi connectivity index (χ1n) is 3.87. The SMILES string of the molecule is NC(CO)c1cccc(Cl)c1[N+](=O)[O-]. The average Bonchev–Trinajstić information content (AvgIpc) is 2.15. The van der Waals surface area contributed by atoms with Crippen LogP contribution in [0.15, 0.2) is 18.2 Å². The monoisotopic (exact) mass is 216 g/mol. The summed E-state index contributed by atoms with van der Waals surface area (Å²) in [5.41, 5.74) is 5.49. The highest BCUT2D eigenvalue weighted by atomic mass is 35.5. The van der Waals surface area contributed by atoms with E-state index in [1.807, 2.05) is 0 Å². The van der Waals surface area contributed by atoms with Crippen molar-refractivity contribution < 1.29 is 10.0 Å². The molecule has 0 amide bonds. The van der Waals surface area contributed by atoms with E-state index in [1.165, 1.54) is 12.1 Å². The fraction of sp³-hybridized carbons (Fsp3) is 0.250. The second-order valence-electron chi connectivity index (χ2n) is 2.72. The van der Waals surface area contributed by atoms with Crippen LogP contribution in [0.1, 0.15) is 11.6 Å². The van der Waals surface area contributed by atoms with Crippen molar-refractivity contribution in [1.82, 2.24) is 0 Å². The van der Waals surface area contributed by atoms with Crippen molar-refractivity contribution >= 4 is 17.3 Å². The van der Waals surface area contributed by atoms with Gasteiger partial charge < -0.3 is 10.8 Å². The lowest BCUT2D eigenvalue weighted by Crippen LogP contribution is -2.16. The van der Waals surface area contributed by atoms with E-state index in [-0.39, 0.29) is 22.9 Å². The van der Waals surface area contributed by atoms with Crippen molar-refractivity contribution in [2.75, 3.05) is 6.61 Å². The number of halogens is 1. The van der Waals surface area contributed by atoms with Crippen LogP contribution in [0, 0.1) is 10.1 Å². The summed E-state index contributed by atoms with van der Waals surface area (Å²) in [6.45, 7) is -0.360. The molecule has 14 heavy (non-hydrogen) atoms. The fourth-order valence-electron chi connectivity index (χ4n) is 1.12. The molecule has 1 atom stereocenters. The van der Waals surface area contributed by atoms with E-state index in [9.17, 15) is 10.1 Å². The molecule has 1 aromatic carbocycles. The molecule has 3 N–H and O–H groups in total. The van der Waals surface area contributed by atoms with Gasteiger partial charge in [-0.2, -0.15) is 0 Å². The van der Waals surface area contributed by atoms with Gasteiger partial charge in [-0.25, -0.2) is 0 Å². The lowest BCUT2D eigenvalue weighted by molar-refractivity contribution is -0.385. The molecule has 1 aromatic rings. The standard InChI is InChI=1S/C8H9ClN2O3/c9-6-3-1-2-5(7(10)4-12)8(6)11(13)14/h1-3,7,12H,4,10H2. The number of aliphatic hydroxyl groups excluding tert-OH is 1. The highest BCUT2D eigenvalue weighted by Gasteiger charge is 2.21. The molecular formula is C8H9ClN2O3. The van der Waals surface area contributed by atoms with E-state index in [4.69, 9.17) is 22.4 Å². The summed E-state index contributed by atoms with van der Waals surface area (Å²) in [4.78, 5) is 10.0. The smallest absolute Gasteiger partial charge is 0.292 e. The highest BCUT2D eigenvalue weighted by molar-refractivity contribution is 6.32. The summed E-state index contributed by atoms with van der Waals surface area (Å²) < 4.78 is 0. The van der Waals surface area contributed by atoms with Crippen LogP contribution in [0.3, 0.4) is 0 Å². The number of rotatable bonds is 3. The van der Waals surface area contributed by atoms with Crippen molar-refractivity contribution in [3.05, 3.63) is 38.9 Å². The Morgan fingerprint density at radius 2 is 2.29 bits per heavy atom. The summed E-state index contributed by atoms with van der Waals surface area (Å²) in [5, 5.41) is 19.5. The van der Waals surface area contributed by atoms with E-state index >= 15 is 0 Å². The Labute approximate surface area is 85.3 Å². The molecule has 6 heteroatoms. The third-order valence-electron chi connectivity index (χ3n) is 1.80. The number of aliphatic hydroxyl groups is 1. The van der Waals surface area contributed by atoms with Gasteiger partial charge in [-0.05, 0) is 6.07 Å². The minimum Gasteiger partial charge on any atom is -0.394 e. The Balaban J connectivity index is 3.28. The van der Waals surface area contributed by atoms with Crippen molar-refractivity contribution in [2.24, 2.45) is 5.73 Å². The number of nitrogens with two attached hydrogens (primary N) is 1. The Bertz CT molecular complexity index is 356. The van der Waals surface area contributed by atoms with E-state index < -0.39 is 11.0 Å². The molecule has 0 aliphatic carbocycles. The molecule has 0 aliphatic heterocycles. The zero-order valence-electron chi connectivity index (χ0n) is 7.18. The Morgan fingerprint density at radius 1 is 1.64 bits per heavy atom.